The van der Waals surface area contributed by atoms with Crippen molar-refractivity contribution in [3.8, 4) is 46.4 Å². The number of benzene rings is 4. The van der Waals surface area contributed by atoms with Gasteiger partial charge in [0.05, 0.1) is 13.1 Å². The maximum Gasteiger partial charge on any atom is 0.317 e. The Balaban J connectivity index is 0.000000208. The second kappa shape index (κ2) is 19.7. The summed E-state index contributed by atoms with van der Waals surface area (Å²) in [6, 6.07) is 37.4. The van der Waals surface area contributed by atoms with Crippen molar-refractivity contribution in [2.24, 2.45) is 0 Å². The van der Waals surface area contributed by atoms with E-state index in [1.54, 1.807) is 23.9 Å². The SMILES string of the molecule is CN(CC=C(C#Cc1ccc(-c2ccc[nH]2)cc1)c1ccccc1)CC(=O)O.CN(CC=C(C#Cc1ccc2c(c1)OCO2)c1ccccc1)CC(=O)O. The zero-order valence-corrected chi connectivity index (χ0v) is 30.2. The minimum absolute atomic E-state index is 0.00773. The Kier molecular flexibility index (Phi) is 14.0. The fraction of sp³-hybridized carbons (Fsp3) is 0.156. The molecule has 54 heavy (non-hydrogen) atoms. The Bertz CT molecular complexity index is 2190. The van der Waals surface area contributed by atoms with Crippen molar-refractivity contribution in [3.05, 3.63) is 156 Å². The number of aromatic amines is 1. The van der Waals surface area contributed by atoms with E-state index in [1.807, 2.05) is 134 Å². The summed E-state index contributed by atoms with van der Waals surface area (Å²) in [7, 11) is 3.54. The standard InChI is InChI=1S/C24H22N2O2.C21H19NO4/c1-26(18-24(27)28)17-15-21(20-6-3-2-4-7-20)12-9-19-10-13-22(14-11-19)23-8-5-16-25-23;1-22(14-21(23)24)12-11-18(17-5-3-2-4-6-17)9-7-16-8-10-19-20(13-16)26-15-25-19/h2-8,10-11,13-16,25H,17-18H2,1H3,(H,27,28);2-6,8,10-11,13H,12,14-15H2,1H3,(H,23,24). The molecule has 1 aliphatic heterocycles. The minimum atomic E-state index is -0.853. The van der Waals surface area contributed by atoms with E-state index >= 15 is 0 Å². The molecule has 0 aliphatic carbocycles. The molecule has 272 valence electrons. The van der Waals surface area contributed by atoms with E-state index in [4.69, 9.17) is 19.7 Å². The molecule has 0 spiro atoms. The van der Waals surface area contributed by atoms with Crippen LogP contribution in [-0.2, 0) is 9.59 Å². The number of nitrogens with zero attached hydrogens (tertiary/aromatic N) is 2. The summed E-state index contributed by atoms with van der Waals surface area (Å²) in [4.78, 5) is 28.3. The van der Waals surface area contributed by atoms with Crippen molar-refractivity contribution >= 4 is 23.1 Å². The number of carbonyl (C=O) groups is 2. The smallest absolute Gasteiger partial charge is 0.317 e. The van der Waals surface area contributed by atoms with E-state index in [9.17, 15) is 9.59 Å². The second-order valence-electron chi connectivity index (χ2n) is 12.4. The van der Waals surface area contributed by atoms with Gasteiger partial charge in [-0.1, -0.05) is 109 Å². The average molecular weight is 720 g/mol. The van der Waals surface area contributed by atoms with Crippen LogP contribution in [-0.4, -0.2) is 84.0 Å². The number of hydrogen-bond donors (Lipinski definition) is 3. The maximum absolute atomic E-state index is 10.9. The van der Waals surface area contributed by atoms with E-state index in [0.29, 0.717) is 18.8 Å². The lowest BCUT2D eigenvalue weighted by Crippen LogP contribution is -2.25. The van der Waals surface area contributed by atoms with Crippen LogP contribution in [0.5, 0.6) is 11.5 Å². The molecule has 0 unspecified atom stereocenters. The number of H-pyrrole nitrogens is 1. The number of ether oxygens (including phenoxy) is 2. The zero-order chi connectivity index (χ0) is 38.1. The van der Waals surface area contributed by atoms with Crippen molar-refractivity contribution in [1.82, 2.24) is 14.8 Å². The second-order valence-corrected chi connectivity index (χ2v) is 12.4. The highest BCUT2D eigenvalue weighted by atomic mass is 16.7. The molecule has 1 aliphatic rings. The average Bonchev–Trinajstić information content (AvgIpc) is 3.89. The van der Waals surface area contributed by atoms with Crippen LogP contribution in [0.25, 0.3) is 22.4 Å². The summed E-state index contributed by atoms with van der Waals surface area (Å²) >= 11 is 0. The number of likely N-dealkylation sites (N-methyl/N-ethyl adjacent to an activating group) is 2. The molecule has 6 rings (SSSR count). The van der Waals surface area contributed by atoms with Crippen molar-refractivity contribution in [2.75, 3.05) is 47.1 Å². The maximum atomic E-state index is 10.9. The molecule has 0 atom stereocenters. The predicted molar refractivity (Wildman–Crippen MR) is 212 cm³/mol. The number of fused-ring (bicyclic) bond motifs is 1. The first-order valence-electron chi connectivity index (χ1n) is 17.2. The number of allylic oxidation sites excluding steroid dienone is 2. The largest absolute Gasteiger partial charge is 0.480 e. The number of carboxylic acids is 2. The van der Waals surface area contributed by atoms with Gasteiger partial charge in [-0.15, -0.1) is 0 Å². The van der Waals surface area contributed by atoms with Gasteiger partial charge in [0.25, 0.3) is 0 Å². The number of nitrogens with one attached hydrogen (secondary N) is 1. The fourth-order valence-electron chi connectivity index (χ4n) is 5.30. The van der Waals surface area contributed by atoms with Crippen LogP contribution >= 0.6 is 0 Å². The Morgan fingerprint density at radius 1 is 0.667 bits per heavy atom. The van der Waals surface area contributed by atoms with Crippen LogP contribution in [0.3, 0.4) is 0 Å². The fourth-order valence-corrected chi connectivity index (χ4v) is 5.30. The van der Waals surface area contributed by atoms with Crippen LogP contribution in [0, 0.1) is 23.7 Å². The van der Waals surface area contributed by atoms with E-state index in [0.717, 1.165) is 50.4 Å². The van der Waals surface area contributed by atoms with Crippen molar-refractivity contribution in [2.45, 2.75) is 0 Å². The van der Waals surface area contributed by atoms with Gasteiger partial charge in [-0.3, -0.25) is 19.4 Å². The Morgan fingerprint density at radius 2 is 1.19 bits per heavy atom. The quantitative estimate of drug-likeness (QED) is 0.125. The highest BCUT2D eigenvalue weighted by molar-refractivity contribution is 5.81. The highest BCUT2D eigenvalue weighted by Crippen LogP contribution is 2.32. The first kappa shape index (κ1) is 38.5. The van der Waals surface area contributed by atoms with Crippen molar-refractivity contribution < 1.29 is 29.3 Å². The molecule has 9 nitrogen and oxygen atoms in total. The van der Waals surface area contributed by atoms with Gasteiger partial charge in [0.2, 0.25) is 6.79 Å². The Labute approximate surface area is 315 Å². The third kappa shape index (κ3) is 12.2. The van der Waals surface area contributed by atoms with Crippen molar-refractivity contribution in [3.63, 3.8) is 0 Å². The summed E-state index contributed by atoms with van der Waals surface area (Å²) in [6.07, 6.45) is 5.82. The van der Waals surface area contributed by atoms with E-state index in [1.165, 1.54) is 0 Å². The van der Waals surface area contributed by atoms with Crippen LogP contribution in [0.4, 0.5) is 0 Å². The molecule has 0 radical (unpaired) electrons. The Morgan fingerprint density at radius 3 is 1.70 bits per heavy atom. The van der Waals surface area contributed by atoms with Gasteiger partial charge in [0.1, 0.15) is 0 Å². The molecule has 0 bridgehead atoms. The third-order valence-electron chi connectivity index (χ3n) is 8.04. The molecule has 4 aromatic carbocycles. The number of hydrogen-bond acceptors (Lipinski definition) is 6. The van der Waals surface area contributed by atoms with Crippen molar-refractivity contribution in [1.29, 1.82) is 0 Å². The molecular formula is C45H41N3O6. The van der Waals surface area contributed by atoms with Gasteiger partial charge in [0, 0.05) is 47.3 Å². The van der Waals surface area contributed by atoms with E-state index < -0.39 is 11.9 Å². The van der Waals surface area contributed by atoms with Gasteiger partial charge in [0.15, 0.2) is 11.5 Å². The minimum Gasteiger partial charge on any atom is -0.480 e. The topological polar surface area (TPSA) is 115 Å². The van der Waals surface area contributed by atoms with Crippen LogP contribution in [0.2, 0.25) is 0 Å². The van der Waals surface area contributed by atoms with E-state index in [2.05, 4.69) is 28.7 Å². The first-order valence-corrected chi connectivity index (χ1v) is 17.2. The summed E-state index contributed by atoms with van der Waals surface area (Å²) < 4.78 is 10.7. The van der Waals surface area contributed by atoms with Gasteiger partial charge in [-0.2, -0.15) is 0 Å². The summed E-state index contributed by atoms with van der Waals surface area (Å²) in [5.74, 6) is 12.5. The molecule has 0 saturated heterocycles. The molecule has 0 saturated carbocycles. The van der Waals surface area contributed by atoms with E-state index in [-0.39, 0.29) is 19.9 Å². The van der Waals surface area contributed by atoms with Gasteiger partial charge >= 0.3 is 11.9 Å². The molecule has 0 fully saturated rings. The number of aliphatic carboxylic acids is 2. The lowest BCUT2D eigenvalue weighted by Gasteiger charge is -2.11. The molecule has 1 aromatic heterocycles. The summed E-state index contributed by atoms with van der Waals surface area (Å²) in [5.41, 5.74) is 7.68. The Hall–Kier alpha value is -6.78. The monoisotopic (exact) mass is 719 g/mol. The molecule has 9 heteroatoms. The number of carboxylic acid groups (broad SMARTS) is 2. The number of rotatable bonds is 11. The summed E-state index contributed by atoms with van der Waals surface area (Å²) in [5, 5.41) is 17.8. The summed E-state index contributed by atoms with van der Waals surface area (Å²) in [6.45, 7) is 1.21. The lowest BCUT2D eigenvalue weighted by atomic mass is 10.0. The molecular weight excluding hydrogens is 679 g/mol. The third-order valence-corrected chi connectivity index (χ3v) is 8.04. The molecule has 5 aromatic rings. The zero-order valence-electron chi connectivity index (χ0n) is 30.2. The lowest BCUT2D eigenvalue weighted by molar-refractivity contribution is -0.138. The normalized spacial score (nSPS) is 11.9. The molecule has 2 heterocycles. The molecule has 3 N–H and O–H groups in total. The first-order chi connectivity index (χ1) is 26.2. The van der Waals surface area contributed by atoms with Crippen LogP contribution in [0.15, 0.2) is 134 Å². The predicted octanol–water partition coefficient (Wildman–Crippen LogP) is 7.00. The van der Waals surface area contributed by atoms with Gasteiger partial charge in [-0.05, 0) is 73.3 Å². The van der Waals surface area contributed by atoms with Gasteiger partial charge < -0.3 is 24.7 Å². The van der Waals surface area contributed by atoms with Gasteiger partial charge in [-0.25, -0.2) is 0 Å². The molecule has 0 amide bonds. The number of aromatic nitrogens is 1. The van der Waals surface area contributed by atoms with Crippen LogP contribution in [0.1, 0.15) is 22.3 Å². The van der Waals surface area contributed by atoms with Crippen LogP contribution < -0.4 is 9.47 Å². The highest BCUT2D eigenvalue weighted by Gasteiger charge is 2.12.